The molecule has 1 rings (SSSR count). The third-order valence-corrected chi connectivity index (χ3v) is 2.33. The van der Waals surface area contributed by atoms with Crippen molar-refractivity contribution < 1.29 is 9.84 Å². The van der Waals surface area contributed by atoms with E-state index >= 15 is 0 Å². The zero-order valence-electron chi connectivity index (χ0n) is 9.41. The fraction of sp³-hybridized carbons (Fsp3) is 0.538. The molecule has 0 aliphatic rings. The summed E-state index contributed by atoms with van der Waals surface area (Å²) in [5.74, 6) is 1.02. The number of aromatic hydroxyl groups is 1. The molecule has 1 N–H and O–H groups in total. The zero-order chi connectivity index (χ0) is 10.9. The van der Waals surface area contributed by atoms with Crippen LogP contribution >= 0.6 is 0 Å². The van der Waals surface area contributed by atoms with Crippen LogP contribution in [0.4, 0.5) is 0 Å². The lowest BCUT2D eigenvalue weighted by Gasteiger charge is -2.05. The van der Waals surface area contributed by atoms with Gasteiger partial charge in [-0.3, -0.25) is 0 Å². The van der Waals surface area contributed by atoms with Crippen LogP contribution in [0.2, 0.25) is 0 Å². The van der Waals surface area contributed by atoms with Crippen LogP contribution in [0.1, 0.15) is 39.0 Å². The third-order valence-electron chi connectivity index (χ3n) is 2.33. The molecule has 0 unspecified atom stereocenters. The van der Waals surface area contributed by atoms with Crippen LogP contribution in [-0.4, -0.2) is 11.7 Å². The molecule has 15 heavy (non-hydrogen) atoms. The van der Waals surface area contributed by atoms with Crippen molar-refractivity contribution in [2.24, 2.45) is 0 Å². The molecule has 0 heterocycles. The Kier molecular flexibility index (Phi) is 5.67. The molecule has 0 aliphatic carbocycles. The summed E-state index contributed by atoms with van der Waals surface area (Å²) in [5, 5.41) is 9.21. The van der Waals surface area contributed by atoms with Crippen molar-refractivity contribution in [3.8, 4) is 11.5 Å². The molecule has 0 atom stereocenters. The maximum absolute atomic E-state index is 9.21. The van der Waals surface area contributed by atoms with Gasteiger partial charge in [-0.1, -0.05) is 38.7 Å². The van der Waals surface area contributed by atoms with Crippen molar-refractivity contribution in [1.82, 2.24) is 0 Å². The van der Waals surface area contributed by atoms with Crippen molar-refractivity contribution in [2.45, 2.75) is 39.0 Å². The van der Waals surface area contributed by atoms with Gasteiger partial charge in [0.2, 0.25) is 0 Å². The lowest BCUT2D eigenvalue weighted by Crippen LogP contribution is -1.96. The molecule has 0 spiro atoms. The topological polar surface area (TPSA) is 29.5 Å². The highest BCUT2D eigenvalue weighted by Crippen LogP contribution is 2.17. The number of unbranched alkanes of at least 4 members (excludes halogenated alkanes) is 4. The maximum atomic E-state index is 9.21. The molecular weight excluding hydrogens is 188 g/mol. The van der Waals surface area contributed by atoms with Crippen molar-refractivity contribution in [1.29, 1.82) is 0 Å². The first kappa shape index (κ1) is 11.9. The summed E-state index contributed by atoms with van der Waals surface area (Å²) in [6.07, 6.45) is 6.20. The largest absolute Gasteiger partial charge is 0.508 e. The standard InChI is InChI=1S/C13H20O2/c1-2-3-4-5-6-10-15-13-9-7-8-12(14)11-13/h7-9,11,14H,2-6,10H2,1H3. The molecule has 0 saturated carbocycles. The normalized spacial score (nSPS) is 10.2. The van der Waals surface area contributed by atoms with Crippen molar-refractivity contribution in [3.63, 3.8) is 0 Å². The Labute approximate surface area is 91.9 Å². The first-order valence-electron chi connectivity index (χ1n) is 5.74. The van der Waals surface area contributed by atoms with Gasteiger partial charge in [-0.2, -0.15) is 0 Å². The lowest BCUT2D eigenvalue weighted by molar-refractivity contribution is 0.303. The van der Waals surface area contributed by atoms with E-state index in [4.69, 9.17) is 4.74 Å². The number of benzene rings is 1. The molecule has 1 aromatic carbocycles. The Morgan fingerprint density at radius 3 is 2.67 bits per heavy atom. The Morgan fingerprint density at radius 1 is 1.13 bits per heavy atom. The number of rotatable bonds is 7. The van der Waals surface area contributed by atoms with E-state index in [0.717, 1.165) is 18.8 Å². The van der Waals surface area contributed by atoms with Crippen LogP contribution in [0.25, 0.3) is 0 Å². The molecule has 0 aliphatic heterocycles. The zero-order valence-corrected chi connectivity index (χ0v) is 9.41. The van der Waals surface area contributed by atoms with Crippen LogP contribution in [0.15, 0.2) is 24.3 Å². The molecule has 0 fully saturated rings. The number of hydrogen-bond donors (Lipinski definition) is 1. The highest BCUT2D eigenvalue weighted by molar-refractivity contribution is 5.31. The predicted molar refractivity (Wildman–Crippen MR) is 62.4 cm³/mol. The van der Waals surface area contributed by atoms with Gasteiger partial charge in [0.1, 0.15) is 11.5 Å². The number of phenolic OH excluding ortho intramolecular Hbond substituents is 1. The van der Waals surface area contributed by atoms with Crippen LogP contribution in [-0.2, 0) is 0 Å². The van der Waals surface area contributed by atoms with Gasteiger partial charge in [-0.15, -0.1) is 0 Å². The van der Waals surface area contributed by atoms with E-state index in [1.807, 2.05) is 6.07 Å². The summed E-state index contributed by atoms with van der Waals surface area (Å²) in [4.78, 5) is 0. The van der Waals surface area contributed by atoms with E-state index in [2.05, 4.69) is 6.92 Å². The van der Waals surface area contributed by atoms with Gasteiger partial charge < -0.3 is 9.84 Å². The molecule has 0 bridgehead atoms. The van der Waals surface area contributed by atoms with Gasteiger partial charge >= 0.3 is 0 Å². The summed E-state index contributed by atoms with van der Waals surface area (Å²) >= 11 is 0. The summed E-state index contributed by atoms with van der Waals surface area (Å²) in [6, 6.07) is 6.95. The Balaban J connectivity index is 2.10. The van der Waals surface area contributed by atoms with Gasteiger partial charge in [-0.25, -0.2) is 0 Å². The number of ether oxygens (including phenoxy) is 1. The summed E-state index contributed by atoms with van der Waals surface area (Å²) in [5.41, 5.74) is 0. The summed E-state index contributed by atoms with van der Waals surface area (Å²) in [7, 11) is 0. The minimum absolute atomic E-state index is 0.262. The molecule has 0 aromatic heterocycles. The van der Waals surface area contributed by atoms with E-state index in [0.29, 0.717) is 0 Å². The Hall–Kier alpha value is -1.18. The smallest absolute Gasteiger partial charge is 0.122 e. The number of hydrogen-bond acceptors (Lipinski definition) is 2. The van der Waals surface area contributed by atoms with Gasteiger partial charge in [0, 0.05) is 6.07 Å². The first-order valence-corrected chi connectivity index (χ1v) is 5.74. The molecule has 1 aromatic rings. The average Bonchev–Trinajstić information content (AvgIpc) is 2.23. The minimum Gasteiger partial charge on any atom is -0.508 e. The Bertz CT molecular complexity index is 271. The van der Waals surface area contributed by atoms with Gasteiger partial charge in [0.05, 0.1) is 6.61 Å². The van der Waals surface area contributed by atoms with Crippen LogP contribution in [0.3, 0.4) is 0 Å². The highest BCUT2D eigenvalue weighted by Gasteiger charge is 1.95. The molecule has 0 amide bonds. The first-order chi connectivity index (χ1) is 7.33. The maximum Gasteiger partial charge on any atom is 0.122 e. The summed E-state index contributed by atoms with van der Waals surface area (Å²) in [6.45, 7) is 2.95. The van der Waals surface area contributed by atoms with E-state index in [9.17, 15) is 5.11 Å². The molecule has 2 nitrogen and oxygen atoms in total. The average molecular weight is 208 g/mol. The van der Waals surface area contributed by atoms with E-state index in [1.54, 1.807) is 18.2 Å². The van der Waals surface area contributed by atoms with Crippen LogP contribution in [0.5, 0.6) is 11.5 Å². The molecule has 84 valence electrons. The van der Waals surface area contributed by atoms with E-state index in [-0.39, 0.29) is 5.75 Å². The van der Waals surface area contributed by atoms with Gasteiger partial charge in [0.25, 0.3) is 0 Å². The van der Waals surface area contributed by atoms with Crippen LogP contribution in [0, 0.1) is 0 Å². The quantitative estimate of drug-likeness (QED) is 0.692. The lowest BCUT2D eigenvalue weighted by atomic mass is 10.2. The number of phenols is 1. The molecule has 0 radical (unpaired) electrons. The van der Waals surface area contributed by atoms with E-state index in [1.165, 1.54) is 25.7 Å². The molecule has 0 saturated heterocycles. The second-order valence-corrected chi connectivity index (χ2v) is 3.76. The third kappa shape index (κ3) is 5.31. The Morgan fingerprint density at radius 2 is 1.93 bits per heavy atom. The van der Waals surface area contributed by atoms with Crippen LogP contribution < -0.4 is 4.74 Å². The van der Waals surface area contributed by atoms with Crippen molar-refractivity contribution >= 4 is 0 Å². The molecule has 2 heteroatoms. The van der Waals surface area contributed by atoms with E-state index < -0.39 is 0 Å². The monoisotopic (exact) mass is 208 g/mol. The SMILES string of the molecule is CCCCCCCOc1cccc(O)c1. The molecular formula is C13H20O2. The predicted octanol–water partition coefficient (Wildman–Crippen LogP) is 3.74. The second kappa shape index (κ2) is 7.16. The van der Waals surface area contributed by atoms with Crippen molar-refractivity contribution in [3.05, 3.63) is 24.3 Å². The summed E-state index contributed by atoms with van der Waals surface area (Å²) < 4.78 is 5.51. The highest BCUT2D eigenvalue weighted by atomic mass is 16.5. The second-order valence-electron chi connectivity index (χ2n) is 3.76. The fourth-order valence-corrected chi connectivity index (χ4v) is 1.47. The van der Waals surface area contributed by atoms with Gasteiger partial charge in [-0.05, 0) is 18.6 Å². The van der Waals surface area contributed by atoms with Crippen molar-refractivity contribution in [2.75, 3.05) is 6.61 Å². The fourth-order valence-electron chi connectivity index (χ4n) is 1.47. The van der Waals surface area contributed by atoms with Gasteiger partial charge in [0.15, 0.2) is 0 Å². The minimum atomic E-state index is 0.262.